The number of furan rings is 1. The molecule has 6 nitrogen and oxygen atoms in total. The topological polar surface area (TPSA) is 69.0 Å². The lowest BCUT2D eigenvalue weighted by molar-refractivity contribution is -0.150. The number of carbonyl (C=O) groups excluding carboxylic acids is 2. The smallest absolute Gasteiger partial charge is 0.309 e. The molecule has 6 heteroatoms. The molecule has 0 N–H and O–H groups in total. The molecule has 0 aliphatic carbocycles. The molecule has 2 heterocycles. The van der Waals surface area contributed by atoms with Crippen molar-refractivity contribution in [1.82, 2.24) is 4.90 Å². The number of hydrogen-bond donors (Lipinski definition) is 0. The molecule has 0 bridgehead atoms. The summed E-state index contributed by atoms with van der Waals surface area (Å²) in [6, 6.07) is 3.89. The zero-order chi connectivity index (χ0) is 21.1. The van der Waals surface area contributed by atoms with E-state index in [2.05, 4.69) is 0 Å². The highest BCUT2D eigenvalue weighted by Crippen LogP contribution is 2.35. The highest BCUT2D eigenvalue weighted by Gasteiger charge is 2.27. The van der Waals surface area contributed by atoms with Crippen molar-refractivity contribution < 1.29 is 23.5 Å². The maximum absolute atomic E-state index is 12.8. The average molecular weight is 399 g/mol. The Balaban J connectivity index is 1.78. The largest absolute Gasteiger partial charge is 0.496 e. The second kappa shape index (κ2) is 8.72. The van der Waals surface area contributed by atoms with E-state index in [4.69, 9.17) is 13.9 Å². The van der Waals surface area contributed by atoms with Crippen molar-refractivity contribution in [3.05, 3.63) is 35.1 Å². The number of carbonyl (C=O) groups is 2. The number of esters is 1. The van der Waals surface area contributed by atoms with Gasteiger partial charge in [-0.05, 0) is 57.7 Å². The molecule has 3 rings (SSSR count). The fraction of sp³-hybridized carbons (Fsp3) is 0.478. The summed E-state index contributed by atoms with van der Waals surface area (Å²) in [5, 5.41) is 1.02. The third kappa shape index (κ3) is 4.31. The fourth-order valence-electron chi connectivity index (χ4n) is 3.80. The molecule has 2 aromatic rings. The monoisotopic (exact) mass is 399 g/mol. The second-order valence-corrected chi connectivity index (χ2v) is 7.51. The number of fused-ring (bicyclic) bond motifs is 1. The summed E-state index contributed by atoms with van der Waals surface area (Å²) in [4.78, 5) is 26.5. The first-order valence-corrected chi connectivity index (χ1v) is 10.1. The van der Waals surface area contributed by atoms with Crippen LogP contribution in [0.5, 0.6) is 5.75 Å². The van der Waals surface area contributed by atoms with Gasteiger partial charge in [0.25, 0.3) is 0 Å². The number of nitrogens with zero attached hydrogens (tertiary/aromatic N) is 1. The van der Waals surface area contributed by atoms with E-state index in [-0.39, 0.29) is 17.8 Å². The van der Waals surface area contributed by atoms with Gasteiger partial charge in [-0.1, -0.05) is 0 Å². The van der Waals surface area contributed by atoms with E-state index in [0.29, 0.717) is 38.3 Å². The van der Waals surface area contributed by atoms with Crippen LogP contribution in [0, 0.1) is 19.8 Å². The molecule has 156 valence electrons. The maximum atomic E-state index is 12.8. The predicted octanol–water partition coefficient (Wildman–Crippen LogP) is 4.26. The van der Waals surface area contributed by atoms with Gasteiger partial charge >= 0.3 is 5.97 Å². The zero-order valence-corrected chi connectivity index (χ0v) is 17.8. The van der Waals surface area contributed by atoms with Crippen molar-refractivity contribution in [2.45, 2.75) is 40.5 Å². The van der Waals surface area contributed by atoms with Gasteiger partial charge in [-0.15, -0.1) is 0 Å². The zero-order valence-electron chi connectivity index (χ0n) is 17.8. The number of ether oxygens (including phenoxy) is 2. The Bertz CT molecular complexity index is 948. The van der Waals surface area contributed by atoms with Crippen LogP contribution in [0.1, 0.15) is 43.6 Å². The number of piperidine rings is 1. The van der Waals surface area contributed by atoms with Crippen LogP contribution in [-0.2, 0) is 14.3 Å². The number of likely N-dealkylation sites (tertiary alicyclic amines) is 1. The molecular formula is C23H29NO5. The third-order valence-electron chi connectivity index (χ3n) is 5.69. The lowest BCUT2D eigenvalue weighted by Gasteiger charge is -2.30. The standard InChI is InChI=1S/C23H29NO5/c1-6-28-23(26)17-7-9-24(10-8-17)22(25)11-14(2)18-12-19-15(3)16(4)29-21(19)13-20(18)27-5/h11-13,17H,6-10H2,1-5H3/b14-11+. The van der Waals surface area contributed by atoms with Crippen molar-refractivity contribution in [2.24, 2.45) is 5.92 Å². The van der Waals surface area contributed by atoms with E-state index in [1.54, 1.807) is 18.1 Å². The Morgan fingerprint density at radius 3 is 2.55 bits per heavy atom. The number of rotatable bonds is 5. The normalized spacial score (nSPS) is 15.6. The molecule has 0 unspecified atom stereocenters. The molecular weight excluding hydrogens is 370 g/mol. The molecule has 29 heavy (non-hydrogen) atoms. The minimum atomic E-state index is -0.157. The quantitative estimate of drug-likeness (QED) is 0.555. The number of hydrogen-bond acceptors (Lipinski definition) is 5. The van der Waals surface area contributed by atoms with E-state index in [9.17, 15) is 9.59 Å². The van der Waals surface area contributed by atoms with Gasteiger partial charge in [0.05, 0.1) is 19.6 Å². The van der Waals surface area contributed by atoms with E-state index < -0.39 is 0 Å². The van der Waals surface area contributed by atoms with Crippen LogP contribution in [0.2, 0.25) is 0 Å². The summed E-state index contributed by atoms with van der Waals surface area (Å²) in [6.45, 7) is 9.19. The van der Waals surface area contributed by atoms with Gasteiger partial charge in [-0.25, -0.2) is 0 Å². The van der Waals surface area contributed by atoms with E-state index in [1.165, 1.54) is 0 Å². The van der Waals surface area contributed by atoms with Crippen molar-refractivity contribution >= 4 is 28.4 Å². The van der Waals surface area contributed by atoms with Gasteiger partial charge in [0.2, 0.25) is 5.91 Å². The molecule has 1 aromatic carbocycles. The Kier molecular flexibility index (Phi) is 6.30. The van der Waals surface area contributed by atoms with Crippen LogP contribution >= 0.6 is 0 Å². The Morgan fingerprint density at radius 1 is 1.24 bits per heavy atom. The van der Waals surface area contributed by atoms with Crippen LogP contribution < -0.4 is 4.74 Å². The first-order valence-electron chi connectivity index (χ1n) is 10.1. The number of amides is 1. The van der Waals surface area contributed by atoms with Gasteiger partial charge in [0, 0.05) is 36.2 Å². The van der Waals surface area contributed by atoms with Gasteiger partial charge < -0.3 is 18.8 Å². The number of allylic oxidation sites excluding steroid dienone is 1. The minimum absolute atomic E-state index is 0.0490. The molecule has 1 saturated heterocycles. The van der Waals surface area contributed by atoms with Gasteiger partial charge in [0.15, 0.2) is 0 Å². The average Bonchev–Trinajstić information content (AvgIpc) is 3.00. The number of methoxy groups -OCH3 is 1. The maximum Gasteiger partial charge on any atom is 0.309 e. The molecule has 0 spiro atoms. The minimum Gasteiger partial charge on any atom is -0.496 e. The van der Waals surface area contributed by atoms with Crippen molar-refractivity contribution in [3.8, 4) is 5.75 Å². The van der Waals surface area contributed by atoms with Gasteiger partial charge in [-0.3, -0.25) is 9.59 Å². The van der Waals surface area contributed by atoms with Crippen LogP contribution in [0.4, 0.5) is 0 Å². The van der Waals surface area contributed by atoms with Crippen molar-refractivity contribution in [3.63, 3.8) is 0 Å². The number of aryl methyl sites for hydroxylation is 2. The first kappa shape index (κ1) is 21.0. The van der Waals surface area contributed by atoms with Crippen LogP contribution in [-0.4, -0.2) is 43.6 Å². The molecule has 1 amide bonds. The SMILES string of the molecule is CCOC(=O)C1CCN(C(=O)/C=C(\C)c2cc3c(C)c(C)oc3cc2OC)CC1. The molecule has 0 saturated carbocycles. The molecule has 0 radical (unpaired) electrons. The summed E-state index contributed by atoms with van der Waals surface area (Å²) in [5.74, 6) is 1.23. The molecule has 1 aliphatic heterocycles. The molecule has 1 aromatic heterocycles. The Labute approximate surface area is 171 Å². The van der Waals surface area contributed by atoms with Crippen molar-refractivity contribution in [1.29, 1.82) is 0 Å². The van der Waals surface area contributed by atoms with E-state index >= 15 is 0 Å². The lowest BCUT2D eigenvalue weighted by Crippen LogP contribution is -2.40. The van der Waals surface area contributed by atoms with Gasteiger partial charge in [-0.2, -0.15) is 0 Å². The summed E-state index contributed by atoms with van der Waals surface area (Å²) in [7, 11) is 1.61. The fourth-order valence-corrected chi connectivity index (χ4v) is 3.80. The number of benzene rings is 1. The van der Waals surface area contributed by atoms with Crippen LogP contribution in [0.15, 0.2) is 22.6 Å². The summed E-state index contributed by atoms with van der Waals surface area (Å²) < 4.78 is 16.4. The predicted molar refractivity (Wildman–Crippen MR) is 112 cm³/mol. The Hall–Kier alpha value is -2.76. The second-order valence-electron chi connectivity index (χ2n) is 7.51. The Morgan fingerprint density at radius 2 is 1.93 bits per heavy atom. The van der Waals surface area contributed by atoms with E-state index in [1.807, 2.05) is 39.8 Å². The first-order chi connectivity index (χ1) is 13.8. The van der Waals surface area contributed by atoms with Crippen molar-refractivity contribution in [2.75, 3.05) is 26.8 Å². The molecule has 1 aliphatic rings. The highest BCUT2D eigenvalue weighted by atomic mass is 16.5. The summed E-state index contributed by atoms with van der Waals surface area (Å²) in [6.07, 6.45) is 2.93. The third-order valence-corrected chi connectivity index (χ3v) is 5.69. The van der Waals surface area contributed by atoms with Crippen LogP contribution in [0.25, 0.3) is 16.5 Å². The lowest BCUT2D eigenvalue weighted by atomic mass is 9.96. The molecule has 1 fully saturated rings. The highest BCUT2D eigenvalue weighted by molar-refractivity contribution is 5.97. The van der Waals surface area contributed by atoms with E-state index in [0.717, 1.165) is 33.4 Å². The summed E-state index contributed by atoms with van der Waals surface area (Å²) in [5.41, 5.74) is 3.57. The summed E-state index contributed by atoms with van der Waals surface area (Å²) >= 11 is 0. The van der Waals surface area contributed by atoms with Crippen LogP contribution in [0.3, 0.4) is 0 Å². The van der Waals surface area contributed by atoms with Gasteiger partial charge in [0.1, 0.15) is 17.1 Å². The molecule has 0 atom stereocenters.